The monoisotopic (exact) mass is 142 g/mol. The molecule has 1 aliphatic rings. The Morgan fingerprint density at radius 2 is 1.90 bits per heavy atom. The largest absolute Gasteiger partial charge is 0.302 e. The molecule has 2 nitrogen and oxygen atoms in total. The molecule has 0 heterocycles. The summed E-state index contributed by atoms with van der Waals surface area (Å²) in [5, 5.41) is 6.69. The molecule has 1 atom stereocenters. The van der Waals surface area contributed by atoms with Gasteiger partial charge < -0.3 is 10.6 Å². The number of hydrogen-bond donors (Lipinski definition) is 2. The fraction of sp³-hybridized carbons (Fsp3) is 1.00. The van der Waals surface area contributed by atoms with Gasteiger partial charge in [0.2, 0.25) is 0 Å². The molecule has 0 aliphatic heterocycles. The lowest BCUT2D eigenvalue weighted by Gasteiger charge is -2.28. The van der Waals surface area contributed by atoms with Crippen molar-refractivity contribution in [2.75, 3.05) is 14.1 Å². The molecule has 0 aromatic carbocycles. The van der Waals surface area contributed by atoms with Crippen LogP contribution in [0.15, 0.2) is 0 Å². The van der Waals surface area contributed by atoms with Gasteiger partial charge in [0, 0.05) is 0 Å². The van der Waals surface area contributed by atoms with Gasteiger partial charge in [-0.05, 0) is 39.3 Å². The number of nitrogens with one attached hydrogen (secondary N) is 2. The van der Waals surface area contributed by atoms with Gasteiger partial charge in [-0.15, -0.1) is 0 Å². The van der Waals surface area contributed by atoms with Crippen LogP contribution >= 0.6 is 0 Å². The molecule has 0 spiro atoms. The van der Waals surface area contributed by atoms with Gasteiger partial charge in [0.15, 0.2) is 0 Å². The van der Waals surface area contributed by atoms with Crippen molar-refractivity contribution >= 4 is 0 Å². The van der Waals surface area contributed by atoms with E-state index in [1.165, 1.54) is 19.3 Å². The fourth-order valence-corrected chi connectivity index (χ4v) is 1.87. The predicted molar refractivity (Wildman–Crippen MR) is 43.9 cm³/mol. The smallest absolute Gasteiger partial charge is 0.0684 e. The highest BCUT2D eigenvalue weighted by Crippen LogP contribution is 2.31. The van der Waals surface area contributed by atoms with Crippen molar-refractivity contribution < 1.29 is 0 Å². The minimum Gasteiger partial charge on any atom is -0.302 e. The first-order valence-corrected chi connectivity index (χ1v) is 4.10. The van der Waals surface area contributed by atoms with E-state index in [0.717, 1.165) is 5.92 Å². The van der Waals surface area contributed by atoms with Gasteiger partial charge >= 0.3 is 0 Å². The third-order valence-corrected chi connectivity index (χ3v) is 2.72. The Kier molecular flexibility index (Phi) is 2.32. The lowest BCUT2D eigenvalue weighted by molar-refractivity contribution is 0.295. The SMILES string of the molecule is CNC1(NC)CCC(C)C1. The summed E-state index contributed by atoms with van der Waals surface area (Å²) in [6.45, 7) is 2.32. The normalized spacial score (nSPS) is 30.9. The van der Waals surface area contributed by atoms with Crippen LogP contribution in [0.4, 0.5) is 0 Å². The van der Waals surface area contributed by atoms with Crippen LogP contribution in [0.25, 0.3) is 0 Å². The van der Waals surface area contributed by atoms with Gasteiger partial charge in [-0.25, -0.2) is 0 Å². The fourth-order valence-electron chi connectivity index (χ4n) is 1.87. The summed E-state index contributed by atoms with van der Waals surface area (Å²) in [6, 6.07) is 0. The molecular formula is C8H18N2. The van der Waals surface area contributed by atoms with Gasteiger partial charge in [-0.1, -0.05) is 6.92 Å². The van der Waals surface area contributed by atoms with Crippen molar-refractivity contribution in [2.45, 2.75) is 31.8 Å². The minimum atomic E-state index is 0.249. The van der Waals surface area contributed by atoms with Crippen LogP contribution in [0.3, 0.4) is 0 Å². The Bertz CT molecular complexity index is 108. The lowest BCUT2D eigenvalue weighted by Crippen LogP contribution is -2.51. The maximum absolute atomic E-state index is 3.35. The van der Waals surface area contributed by atoms with Crippen molar-refractivity contribution in [3.63, 3.8) is 0 Å². The first-order valence-electron chi connectivity index (χ1n) is 4.10. The second-order valence-electron chi connectivity index (χ2n) is 3.43. The molecule has 0 bridgehead atoms. The highest BCUT2D eigenvalue weighted by Gasteiger charge is 2.33. The molecule has 1 saturated carbocycles. The Balaban J connectivity index is 2.51. The molecule has 1 fully saturated rings. The zero-order valence-electron chi connectivity index (χ0n) is 7.20. The van der Waals surface area contributed by atoms with Crippen molar-refractivity contribution in [3.05, 3.63) is 0 Å². The van der Waals surface area contributed by atoms with Crippen LogP contribution < -0.4 is 10.6 Å². The summed E-state index contributed by atoms with van der Waals surface area (Å²) in [4.78, 5) is 0. The summed E-state index contributed by atoms with van der Waals surface area (Å²) < 4.78 is 0. The molecule has 0 aromatic rings. The van der Waals surface area contributed by atoms with Crippen LogP contribution in [0.1, 0.15) is 26.2 Å². The highest BCUT2D eigenvalue weighted by atomic mass is 15.2. The highest BCUT2D eigenvalue weighted by molar-refractivity contribution is 4.90. The zero-order valence-corrected chi connectivity index (χ0v) is 7.20. The minimum absolute atomic E-state index is 0.249. The Hall–Kier alpha value is -0.0800. The van der Waals surface area contributed by atoms with Crippen molar-refractivity contribution in [1.82, 2.24) is 10.6 Å². The molecule has 2 N–H and O–H groups in total. The summed E-state index contributed by atoms with van der Waals surface area (Å²) in [7, 11) is 4.07. The van der Waals surface area contributed by atoms with Crippen LogP contribution in [0, 0.1) is 5.92 Å². The third kappa shape index (κ3) is 1.32. The third-order valence-electron chi connectivity index (χ3n) is 2.72. The molecular weight excluding hydrogens is 124 g/mol. The van der Waals surface area contributed by atoms with Crippen LogP contribution in [0.5, 0.6) is 0 Å². The summed E-state index contributed by atoms with van der Waals surface area (Å²) in [6.07, 6.45) is 3.88. The average Bonchev–Trinajstić information content (AvgIpc) is 2.33. The zero-order chi connectivity index (χ0) is 7.61. The Labute approximate surface area is 63.4 Å². The van der Waals surface area contributed by atoms with Crippen molar-refractivity contribution in [2.24, 2.45) is 5.92 Å². The van der Waals surface area contributed by atoms with E-state index in [0.29, 0.717) is 0 Å². The van der Waals surface area contributed by atoms with E-state index >= 15 is 0 Å². The second-order valence-corrected chi connectivity index (χ2v) is 3.43. The van der Waals surface area contributed by atoms with Crippen molar-refractivity contribution in [3.8, 4) is 0 Å². The second kappa shape index (κ2) is 2.89. The maximum Gasteiger partial charge on any atom is 0.0684 e. The van der Waals surface area contributed by atoms with Crippen molar-refractivity contribution in [1.29, 1.82) is 0 Å². The van der Waals surface area contributed by atoms with Gasteiger partial charge in [0.1, 0.15) is 0 Å². The average molecular weight is 142 g/mol. The van der Waals surface area contributed by atoms with Crippen LogP contribution in [-0.2, 0) is 0 Å². The van der Waals surface area contributed by atoms with E-state index < -0.39 is 0 Å². The topological polar surface area (TPSA) is 24.1 Å². The summed E-state index contributed by atoms with van der Waals surface area (Å²) in [5.41, 5.74) is 0.249. The number of hydrogen-bond acceptors (Lipinski definition) is 2. The standard InChI is InChI=1S/C8H18N2/c1-7-4-5-8(6-7,9-2)10-3/h7,9-10H,4-6H2,1-3H3. The Morgan fingerprint density at radius 3 is 2.10 bits per heavy atom. The first-order chi connectivity index (χ1) is 4.72. The first kappa shape index (κ1) is 8.02. The summed E-state index contributed by atoms with van der Waals surface area (Å²) >= 11 is 0. The van der Waals surface area contributed by atoms with Gasteiger partial charge in [-0.3, -0.25) is 0 Å². The van der Waals surface area contributed by atoms with E-state index in [4.69, 9.17) is 0 Å². The Morgan fingerprint density at radius 1 is 1.30 bits per heavy atom. The van der Waals surface area contributed by atoms with E-state index in [1.807, 2.05) is 14.1 Å². The quantitative estimate of drug-likeness (QED) is 0.561. The van der Waals surface area contributed by atoms with Gasteiger partial charge in [-0.2, -0.15) is 0 Å². The molecule has 60 valence electrons. The molecule has 0 amide bonds. The summed E-state index contributed by atoms with van der Waals surface area (Å²) in [5.74, 6) is 0.875. The van der Waals surface area contributed by atoms with Gasteiger partial charge in [0.05, 0.1) is 5.66 Å². The van der Waals surface area contributed by atoms with E-state index in [2.05, 4.69) is 17.6 Å². The molecule has 0 radical (unpaired) electrons. The molecule has 1 rings (SSSR count). The maximum atomic E-state index is 3.35. The molecule has 10 heavy (non-hydrogen) atoms. The molecule has 1 unspecified atom stereocenters. The van der Waals surface area contributed by atoms with E-state index in [9.17, 15) is 0 Å². The van der Waals surface area contributed by atoms with Crippen LogP contribution in [-0.4, -0.2) is 19.8 Å². The molecule has 1 aliphatic carbocycles. The van der Waals surface area contributed by atoms with E-state index in [1.54, 1.807) is 0 Å². The lowest BCUT2D eigenvalue weighted by atomic mass is 10.1. The van der Waals surface area contributed by atoms with E-state index in [-0.39, 0.29) is 5.66 Å². The molecule has 2 heteroatoms. The van der Waals surface area contributed by atoms with Crippen LogP contribution in [0.2, 0.25) is 0 Å². The number of rotatable bonds is 2. The van der Waals surface area contributed by atoms with Gasteiger partial charge in [0.25, 0.3) is 0 Å². The predicted octanol–water partition coefficient (Wildman–Crippen LogP) is 0.941. The molecule has 0 saturated heterocycles. The molecule has 0 aromatic heterocycles.